The summed E-state index contributed by atoms with van der Waals surface area (Å²) in [6.45, 7) is 6.62. The van der Waals surface area contributed by atoms with Crippen LogP contribution < -0.4 is 9.64 Å². The van der Waals surface area contributed by atoms with Crippen LogP contribution in [0.2, 0.25) is 0 Å². The predicted molar refractivity (Wildman–Crippen MR) is 129 cm³/mol. The maximum Gasteiger partial charge on any atom is 0.253 e. The molecule has 1 saturated heterocycles. The number of anilines is 2. The van der Waals surface area contributed by atoms with E-state index in [9.17, 15) is 4.79 Å². The van der Waals surface area contributed by atoms with E-state index in [4.69, 9.17) is 4.74 Å². The number of fused-ring (bicyclic) bond motifs is 2. The first-order valence-corrected chi connectivity index (χ1v) is 11.3. The first-order chi connectivity index (χ1) is 15.7. The van der Waals surface area contributed by atoms with Gasteiger partial charge in [-0.15, -0.1) is 0 Å². The third-order valence-electron chi connectivity index (χ3n) is 6.77. The van der Waals surface area contributed by atoms with Crippen LogP contribution in [-0.2, 0) is 5.41 Å². The fourth-order valence-corrected chi connectivity index (χ4v) is 5.07. The van der Waals surface area contributed by atoms with Crippen molar-refractivity contribution in [3.63, 3.8) is 0 Å². The Hall–Kier alpha value is -3.53. The molecule has 0 aliphatic carbocycles. The second-order valence-electron chi connectivity index (χ2n) is 8.64. The van der Waals surface area contributed by atoms with Crippen molar-refractivity contribution in [1.29, 1.82) is 0 Å². The van der Waals surface area contributed by atoms with Crippen LogP contribution in [0.25, 0.3) is 0 Å². The SMILES string of the molecule is C=CCOc1ccc(C(=O)N2CCC3(CC2)CN(c2ccccc2)c2ccccc23)cc1. The zero-order valence-corrected chi connectivity index (χ0v) is 18.2. The number of ether oxygens (including phenoxy) is 1. The molecule has 4 heteroatoms. The van der Waals surface area contributed by atoms with Gasteiger partial charge >= 0.3 is 0 Å². The lowest BCUT2D eigenvalue weighted by Gasteiger charge is -2.40. The van der Waals surface area contributed by atoms with Gasteiger partial charge in [0.1, 0.15) is 12.4 Å². The van der Waals surface area contributed by atoms with Gasteiger partial charge in [0, 0.05) is 42.0 Å². The minimum absolute atomic E-state index is 0.0889. The number of carbonyl (C=O) groups is 1. The van der Waals surface area contributed by atoms with Gasteiger partial charge in [0.15, 0.2) is 0 Å². The Morgan fingerprint density at radius 1 is 0.938 bits per heavy atom. The van der Waals surface area contributed by atoms with E-state index in [1.165, 1.54) is 16.9 Å². The van der Waals surface area contributed by atoms with Gasteiger partial charge in [0.05, 0.1) is 0 Å². The second kappa shape index (κ2) is 8.54. The number of piperidine rings is 1. The van der Waals surface area contributed by atoms with Gasteiger partial charge in [0.2, 0.25) is 0 Å². The topological polar surface area (TPSA) is 32.8 Å². The number of nitrogens with zero attached hydrogens (tertiary/aromatic N) is 2. The summed E-state index contributed by atoms with van der Waals surface area (Å²) >= 11 is 0. The molecule has 0 atom stereocenters. The molecule has 5 rings (SSSR count). The smallest absolute Gasteiger partial charge is 0.253 e. The average Bonchev–Trinajstić information content (AvgIpc) is 3.18. The lowest BCUT2D eigenvalue weighted by Crippen LogP contribution is -2.46. The Kier molecular flexibility index (Phi) is 5.44. The molecule has 4 nitrogen and oxygen atoms in total. The molecule has 32 heavy (non-hydrogen) atoms. The molecule has 0 aromatic heterocycles. The summed E-state index contributed by atoms with van der Waals surface area (Å²) in [4.78, 5) is 17.6. The minimum Gasteiger partial charge on any atom is -0.490 e. The van der Waals surface area contributed by atoms with Gasteiger partial charge in [0.25, 0.3) is 5.91 Å². The molecule has 1 fully saturated rings. The van der Waals surface area contributed by atoms with E-state index in [2.05, 4.69) is 66.1 Å². The number of hydrogen-bond acceptors (Lipinski definition) is 3. The Bertz CT molecular complexity index is 1100. The van der Waals surface area contributed by atoms with Crippen molar-refractivity contribution in [3.05, 3.63) is 103 Å². The molecule has 0 bridgehead atoms. The van der Waals surface area contributed by atoms with Crippen LogP contribution in [0.1, 0.15) is 28.8 Å². The van der Waals surface area contributed by atoms with Crippen molar-refractivity contribution in [2.45, 2.75) is 18.3 Å². The molecule has 3 aromatic rings. The fourth-order valence-electron chi connectivity index (χ4n) is 5.07. The number of hydrogen-bond donors (Lipinski definition) is 0. The molecule has 3 aromatic carbocycles. The van der Waals surface area contributed by atoms with E-state index in [1.54, 1.807) is 6.08 Å². The molecule has 2 aliphatic rings. The highest BCUT2D eigenvalue weighted by Crippen LogP contribution is 2.49. The van der Waals surface area contributed by atoms with Gasteiger partial charge in [-0.1, -0.05) is 49.1 Å². The molecule has 1 amide bonds. The number of carbonyl (C=O) groups excluding carboxylic acids is 1. The van der Waals surface area contributed by atoms with Crippen molar-refractivity contribution in [3.8, 4) is 5.75 Å². The highest BCUT2D eigenvalue weighted by molar-refractivity contribution is 5.94. The third-order valence-corrected chi connectivity index (χ3v) is 6.77. The third kappa shape index (κ3) is 3.66. The monoisotopic (exact) mass is 424 g/mol. The lowest BCUT2D eigenvalue weighted by atomic mass is 9.74. The largest absolute Gasteiger partial charge is 0.490 e. The lowest BCUT2D eigenvalue weighted by molar-refractivity contribution is 0.0675. The predicted octanol–water partition coefficient (Wildman–Crippen LogP) is 5.58. The molecule has 0 radical (unpaired) electrons. The van der Waals surface area contributed by atoms with Gasteiger partial charge in [-0.2, -0.15) is 0 Å². The van der Waals surface area contributed by atoms with Crippen LogP contribution in [0, 0.1) is 0 Å². The van der Waals surface area contributed by atoms with Gasteiger partial charge in [-0.05, 0) is 60.9 Å². The first-order valence-electron chi connectivity index (χ1n) is 11.3. The van der Waals surface area contributed by atoms with Gasteiger partial charge < -0.3 is 14.5 Å². The van der Waals surface area contributed by atoms with Crippen molar-refractivity contribution < 1.29 is 9.53 Å². The Balaban J connectivity index is 1.31. The van der Waals surface area contributed by atoms with E-state index in [-0.39, 0.29) is 11.3 Å². The molecule has 0 unspecified atom stereocenters. The van der Waals surface area contributed by atoms with E-state index in [1.807, 2.05) is 29.2 Å². The summed E-state index contributed by atoms with van der Waals surface area (Å²) in [6, 6.07) is 26.8. The Morgan fingerprint density at radius 3 is 2.34 bits per heavy atom. The highest BCUT2D eigenvalue weighted by atomic mass is 16.5. The normalized spacial score (nSPS) is 16.6. The molecule has 0 N–H and O–H groups in total. The fraction of sp³-hybridized carbons (Fsp3) is 0.250. The number of amides is 1. The van der Waals surface area contributed by atoms with Crippen molar-refractivity contribution in [1.82, 2.24) is 4.90 Å². The van der Waals surface area contributed by atoms with Gasteiger partial charge in [-0.3, -0.25) is 4.79 Å². The van der Waals surface area contributed by atoms with E-state index >= 15 is 0 Å². The van der Waals surface area contributed by atoms with E-state index < -0.39 is 0 Å². The van der Waals surface area contributed by atoms with Crippen LogP contribution in [0.4, 0.5) is 11.4 Å². The Morgan fingerprint density at radius 2 is 1.62 bits per heavy atom. The second-order valence-corrected chi connectivity index (χ2v) is 8.64. The van der Waals surface area contributed by atoms with E-state index in [0.717, 1.165) is 38.2 Å². The van der Waals surface area contributed by atoms with Crippen molar-refractivity contribution in [2.75, 3.05) is 31.1 Å². The average molecular weight is 425 g/mol. The Labute approximate surface area is 189 Å². The van der Waals surface area contributed by atoms with Crippen LogP contribution >= 0.6 is 0 Å². The summed E-state index contributed by atoms with van der Waals surface area (Å²) in [6.07, 6.45) is 3.65. The van der Waals surface area contributed by atoms with Crippen LogP contribution in [-0.4, -0.2) is 37.0 Å². The van der Waals surface area contributed by atoms with Crippen LogP contribution in [0.3, 0.4) is 0 Å². The summed E-state index contributed by atoms with van der Waals surface area (Å²) < 4.78 is 5.53. The number of likely N-dealkylation sites (tertiary alicyclic amines) is 1. The molecule has 162 valence electrons. The molecular formula is C28H28N2O2. The first kappa shape index (κ1) is 20.4. The number of benzene rings is 3. The summed E-state index contributed by atoms with van der Waals surface area (Å²) in [7, 11) is 0. The van der Waals surface area contributed by atoms with Crippen LogP contribution in [0.5, 0.6) is 5.75 Å². The van der Waals surface area contributed by atoms with Crippen molar-refractivity contribution in [2.24, 2.45) is 0 Å². The summed E-state index contributed by atoms with van der Waals surface area (Å²) in [5, 5.41) is 0. The maximum atomic E-state index is 13.1. The zero-order chi connectivity index (χ0) is 22.0. The quantitative estimate of drug-likeness (QED) is 0.502. The highest BCUT2D eigenvalue weighted by Gasteiger charge is 2.45. The molecule has 0 saturated carbocycles. The zero-order valence-electron chi connectivity index (χ0n) is 18.2. The van der Waals surface area contributed by atoms with Gasteiger partial charge in [-0.25, -0.2) is 0 Å². The summed E-state index contributed by atoms with van der Waals surface area (Å²) in [5.41, 5.74) is 4.75. The maximum absolute atomic E-state index is 13.1. The molecule has 2 heterocycles. The molecule has 2 aliphatic heterocycles. The molecule has 1 spiro atoms. The van der Waals surface area contributed by atoms with Crippen molar-refractivity contribution >= 4 is 17.3 Å². The molecular weight excluding hydrogens is 396 g/mol. The van der Waals surface area contributed by atoms with E-state index in [0.29, 0.717) is 12.2 Å². The number of rotatable bonds is 5. The van der Waals surface area contributed by atoms with Crippen LogP contribution in [0.15, 0.2) is 91.5 Å². The summed E-state index contributed by atoms with van der Waals surface area (Å²) in [5.74, 6) is 0.851. The standard InChI is InChI=1S/C28H28N2O2/c1-2-20-32-24-14-12-22(13-15-24)27(31)29-18-16-28(17-19-29)21-30(23-8-4-3-5-9-23)26-11-7-6-10-25(26)28/h2-15H,1,16-21H2. The number of para-hydroxylation sites is 2. The minimum atomic E-state index is 0.0889.